The Morgan fingerprint density at radius 2 is 1.65 bits per heavy atom. The van der Waals surface area contributed by atoms with Gasteiger partial charge in [0.25, 0.3) is 0 Å². The van der Waals surface area contributed by atoms with Crippen molar-refractivity contribution in [2.75, 3.05) is 6.54 Å². The monoisotopic (exact) mass is 237 g/mol. The number of hydrogen-bond donors (Lipinski definition) is 1. The second-order valence-corrected chi connectivity index (χ2v) is 6.71. The third-order valence-electron chi connectivity index (χ3n) is 5.42. The van der Waals surface area contributed by atoms with Gasteiger partial charge < -0.3 is 5.32 Å². The molecule has 2 fully saturated rings. The quantitative estimate of drug-likeness (QED) is 0.729. The maximum Gasteiger partial charge on any atom is 0.00683 e. The molecule has 0 saturated heterocycles. The second kappa shape index (κ2) is 6.22. The standard InChI is InChI=1S/C16H31N/c1-4-14-5-7-15(8-6-14)13(3)12(2)11-17-16-9-10-16/h12-17H,4-11H2,1-3H3. The van der Waals surface area contributed by atoms with Gasteiger partial charge in [-0.3, -0.25) is 0 Å². The van der Waals surface area contributed by atoms with Gasteiger partial charge in [-0.05, 0) is 55.9 Å². The van der Waals surface area contributed by atoms with E-state index < -0.39 is 0 Å². The molecule has 2 atom stereocenters. The minimum absolute atomic E-state index is 0.860. The molecule has 0 aromatic rings. The maximum absolute atomic E-state index is 3.70. The minimum atomic E-state index is 0.860. The predicted molar refractivity (Wildman–Crippen MR) is 75.1 cm³/mol. The topological polar surface area (TPSA) is 12.0 Å². The Morgan fingerprint density at radius 1 is 1.00 bits per heavy atom. The second-order valence-electron chi connectivity index (χ2n) is 6.71. The summed E-state index contributed by atoms with van der Waals surface area (Å²) in [6.07, 6.45) is 10.2. The molecule has 100 valence electrons. The molecule has 0 aromatic heterocycles. The first kappa shape index (κ1) is 13.4. The van der Waals surface area contributed by atoms with Gasteiger partial charge in [-0.25, -0.2) is 0 Å². The van der Waals surface area contributed by atoms with Crippen LogP contribution in [-0.2, 0) is 0 Å². The van der Waals surface area contributed by atoms with Crippen LogP contribution in [0.5, 0.6) is 0 Å². The highest BCUT2D eigenvalue weighted by Gasteiger charge is 2.28. The van der Waals surface area contributed by atoms with Crippen LogP contribution in [0.1, 0.15) is 65.7 Å². The summed E-state index contributed by atoms with van der Waals surface area (Å²) < 4.78 is 0. The van der Waals surface area contributed by atoms with Crippen LogP contribution in [0.3, 0.4) is 0 Å². The van der Waals surface area contributed by atoms with Crippen LogP contribution in [0.15, 0.2) is 0 Å². The molecule has 2 aliphatic carbocycles. The molecule has 0 radical (unpaired) electrons. The van der Waals surface area contributed by atoms with E-state index in [0.29, 0.717) is 0 Å². The van der Waals surface area contributed by atoms with Crippen LogP contribution in [0.25, 0.3) is 0 Å². The Kier molecular flexibility index (Phi) is 4.90. The van der Waals surface area contributed by atoms with Crippen molar-refractivity contribution in [3.8, 4) is 0 Å². The normalized spacial score (nSPS) is 33.4. The molecule has 0 amide bonds. The minimum Gasteiger partial charge on any atom is -0.314 e. The lowest BCUT2D eigenvalue weighted by Crippen LogP contribution is -2.31. The van der Waals surface area contributed by atoms with Crippen molar-refractivity contribution in [3.63, 3.8) is 0 Å². The van der Waals surface area contributed by atoms with E-state index in [1.54, 1.807) is 0 Å². The summed E-state index contributed by atoms with van der Waals surface area (Å²) in [7, 11) is 0. The van der Waals surface area contributed by atoms with Gasteiger partial charge in [0.1, 0.15) is 0 Å². The van der Waals surface area contributed by atoms with E-state index in [9.17, 15) is 0 Å². The van der Waals surface area contributed by atoms with Crippen molar-refractivity contribution in [2.24, 2.45) is 23.7 Å². The number of hydrogen-bond acceptors (Lipinski definition) is 1. The Labute approximate surface area is 108 Å². The predicted octanol–water partition coefficient (Wildman–Crippen LogP) is 4.23. The molecule has 1 N–H and O–H groups in total. The molecule has 0 bridgehead atoms. The molecular weight excluding hydrogens is 206 g/mol. The summed E-state index contributed by atoms with van der Waals surface area (Å²) in [5.74, 6) is 3.82. The van der Waals surface area contributed by atoms with Crippen molar-refractivity contribution in [1.29, 1.82) is 0 Å². The van der Waals surface area contributed by atoms with Gasteiger partial charge in [-0.2, -0.15) is 0 Å². The largest absolute Gasteiger partial charge is 0.314 e. The highest BCUT2D eigenvalue weighted by Crippen LogP contribution is 2.37. The van der Waals surface area contributed by atoms with Crippen molar-refractivity contribution in [3.05, 3.63) is 0 Å². The summed E-state index contributed by atoms with van der Waals surface area (Å²) in [5, 5.41) is 3.70. The van der Waals surface area contributed by atoms with Crippen LogP contribution >= 0.6 is 0 Å². The Morgan fingerprint density at radius 3 is 2.18 bits per heavy atom. The molecule has 0 heterocycles. The highest BCUT2D eigenvalue weighted by atomic mass is 14.9. The zero-order chi connectivity index (χ0) is 12.3. The van der Waals surface area contributed by atoms with Crippen LogP contribution < -0.4 is 5.32 Å². The first-order valence-electron chi connectivity index (χ1n) is 7.94. The van der Waals surface area contributed by atoms with Crippen LogP contribution in [0.4, 0.5) is 0 Å². The lowest BCUT2D eigenvalue weighted by atomic mass is 9.72. The summed E-state index contributed by atoms with van der Waals surface area (Å²) in [6, 6.07) is 0.875. The molecule has 2 unspecified atom stereocenters. The van der Waals surface area contributed by atoms with Crippen molar-refractivity contribution in [2.45, 2.75) is 71.8 Å². The van der Waals surface area contributed by atoms with E-state index in [0.717, 1.165) is 29.7 Å². The van der Waals surface area contributed by atoms with Gasteiger partial charge >= 0.3 is 0 Å². The smallest absolute Gasteiger partial charge is 0.00683 e. The molecule has 1 heteroatoms. The van der Waals surface area contributed by atoms with Gasteiger partial charge in [0.2, 0.25) is 0 Å². The van der Waals surface area contributed by atoms with Gasteiger partial charge in [0.05, 0.1) is 0 Å². The van der Waals surface area contributed by atoms with E-state index in [-0.39, 0.29) is 0 Å². The maximum atomic E-state index is 3.70. The molecule has 0 aliphatic heterocycles. The third kappa shape index (κ3) is 3.98. The Bertz CT molecular complexity index is 214. The summed E-state index contributed by atoms with van der Waals surface area (Å²) in [4.78, 5) is 0. The third-order valence-corrected chi connectivity index (χ3v) is 5.42. The first-order valence-corrected chi connectivity index (χ1v) is 7.94. The van der Waals surface area contributed by atoms with Gasteiger partial charge in [-0.1, -0.05) is 40.0 Å². The molecule has 0 aromatic carbocycles. The molecule has 1 nitrogen and oxygen atoms in total. The van der Waals surface area contributed by atoms with E-state index in [4.69, 9.17) is 0 Å². The number of nitrogens with one attached hydrogen (secondary N) is 1. The molecule has 0 spiro atoms. The lowest BCUT2D eigenvalue weighted by molar-refractivity contribution is 0.168. The van der Waals surface area contributed by atoms with Crippen molar-refractivity contribution in [1.82, 2.24) is 5.32 Å². The zero-order valence-corrected chi connectivity index (χ0v) is 12.0. The van der Waals surface area contributed by atoms with Crippen molar-refractivity contribution < 1.29 is 0 Å². The fourth-order valence-electron chi connectivity index (χ4n) is 3.41. The van der Waals surface area contributed by atoms with Crippen LogP contribution in [0, 0.1) is 23.7 Å². The molecular formula is C16H31N. The Balaban J connectivity index is 1.68. The Hall–Kier alpha value is -0.0400. The van der Waals surface area contributed by atoms with Gasteiger partial charge in [-0.15, -0.1) is 0 Å². The molecule has 2 rings (SSSR count). The number of rotatable bonds is 6. The average molecular weight is 237 g/mol. The lowest BCUT2D eigenvalue weighted by Gasteiger charge is -2.35. The van der Waals surface area contributed by atoms with E-state index in [1.165, 1.54) is 51.5 Å². The van der Waals surface area contributed by atoms with E-state index in [2.05, 4.69) is 26.1 Å². The molecule has 17 heavy (non-hydrogen) atoms. The summed E-state index contributed by atoms with van der Waals surface area (Å²) in [6.45, 7) is 8.55. The fraction of sp³-hybridized carbons (Fsp3) is 1.00. The van der Waals surface area contributed by atoms with Crippen molar-refractivity contribution >= 4 is 0 Å². The highest BCUT2D eigenvalue weighted by molar-refractivity contribution is 4.84. The van der Waals surface area contributed by atoms with Gasteiger partial charge in [0, 0.05) is 6.04 Å². The fourth-order valence-corrected chi connectivity index (χ4v) is 3.41. The van der Waals surface area contributed by atoms with E-state index in [1.807, 2.05) is 0 Å². The first-order chi connectivity index (χ1) is 8.20. The van der Waals surface area contributed by atoms with Crippen LogP contribution in [-0.4, -0.2) is 12.6 Å². The summed E-state index contributed by atoms with van der Waals surface area (Å²) in [5.41, 5.74) is 0. The van der Waals surface area contributed by atoms with E-state index >= 15 is 0 Å². The average Bonchev–Trinajstić information content (AvgIpc) is 3.19. The van der Waals surface area contributed by atoms with Crippen LogP contribution in [0.2, 0.25) is 0 Å². The van der Waals surface area contributed by atoms with Gasteiger partial charge in [0.15, 0.2) is 0 Å². The zero-order valence-electron chi connectivity index (χ0n) is 12.0. The SMILES string of the molecule is CCC1CCC(C(C)C(C)CNC2CC2)CC1. The summed E-state index contributed by atoms with van der Waals surface area (Å²) >= 11 is 0. The molecule has 2 aliphatic rings. The molecule has 2 saturated carbocycles.